The van der Waals surface area contributed by atoms with Gasteiger partial charge in [-0.2, -0.15) is 9.97 Å². The molecule has 0 aliphatic carbocycles. The highest BCUT2D eigenvalue weighted by atomic mass is 19.1. The number of anilines is 3. The number of piperazine rings is 1. The smallest absolute Gasteiger partial charge is 0.227 e. The molecule has 10 nitrogen and oxygen atoms in total. The number of likely N-dealkylation sites (N-methyl/N-ethyl adjacent to an activating group) is 2. The molecular weight excluding hydrogens is 473 g/mol. The molecule has 3 N–H and O–H groups in total. The first kappa shape index (κ1) is 25.0. The Morgan fingerprint density at radius 3 is 2.54 bits per heavy atom. The summed E-state index contributed by atoms with van der Waals surface area (Å²) < 4.78 is 18.7. The van der Waals surface area contributed by atoms with E-state index in [0.717, 1.165) is 43.4 Å². The maximum atomic E-state index is 13.2. The molecule has 5 rings (SSSR count). The Morgan fingerprint density at radius 1 is 1.08 bits per heavy atom. The fourth-order valence-electron chi connectivity index (χ4n) is 4.53. The number of hydrogen-bond donors (Lipinski definition) is 3. The lowest BCUT2D eigenvalue weighted by molar-refractivity contribution is 0.207. The molecule has 1 saturated heterocycles. The Hall–Kier alpha value is -3.70. The fraction of sp³-hybridized carbons (Fsp3) is 0.423. The minimum Gasteiger partial charge on any atom is -0.359 e. The fourth-order valence-corrected chi connectivity index (χ4v) is 4.53. The van der Waals surface area contributed by atoms with E-state index in [1.54, 1.807) is 12.1 Å². The number of nitrogens with one attached hydrogen (secondary N) is 3. The first-order valence-electron chi connectivity index (χ1n) is 12.6. The predicted octanol–water partition coefficient (Wildman–Crippen LogP) is 3.36. The molecule has 196 valence electrons. The van der Waals surface area contributed by atoms with Gasteiger partial charge in [-0.15, -0.1) is 0 Å². The van der Waals surface area contributed by atoms with Gasteiger partial charge < -0.3 is 30.4 Å². The monoisotopic (exact) mass is 507 g/mol. The predicted molar refractivity (Wildman–Crippen MR) is 142 cm³/mol. The number of halogens is 1. The van der Waals surface area contributed by atoms with Crippen molar-refractivity contribution in [3.63, 3.8) is 0 Å². The number of benzene rings is 1. The van der Waals surface area contributed by atoms with Crippen molar-refractivity contribution in [3.8, 4) is 11.3 Å². The summed E-state index contributed by atoms with van der Waals surface area (Å²) in [6.07, 6.45) is 2.18. The Balaban J connectivity index is 1.33. The highest BCUT2D eigenvalue weighted by Gasteiger charge is 2.24. The lowest BCUT2D eigenvalue weighted by atomic mass is 10.1. The van der Waals surface area contributed by atoms with Crippen LogP contribution in [0, 0.1) is 11.7 Å². The lowest BCUT2D eigenvalue weighted by Gasteiger charge is -2.33. The summed E-state index contributed by atoms with van der Waals surface area (Å²) in [6, 6.07) is 10.3. The van der Waals surface area contributed by atoms with Gasteiger partial charge in [0.1, 0.15) is 29.0 Å². The third-order valence-corrected chi connectivity index (χ3v) is 6.69. The third kappa shape index (κ3) is 6.00. The Bertz CT molecular complexity index is 1240. The molecule has 0 saturated carbocycles. The summed E-state index contributed by atoms with van der Waals surface area (Å²) in [5, 5.41) is 12.9. The van der Waals surface area contributed by atoms with E-state index < -0.39 is 0 Å². The molecule has 37 heavy (non-hydrogen) atoms. The van der Waals surface area contributed by atoms with Gasteiger partial charge in [0.05, 0.1) is 12.6 Å². The quantitative estimate of drug-likeness (QED) is 0.421. The van der Waals surface area contributed by atoms with Crippen molar-refractivity contribution < 1.29 is 8.91 Å². The van der Waals surface area contributed by atoms with Gasteiger partial charge >= 0.3 is 0 Å². The molecule has 1 unspecified atom stereocenters. The number of rotatable bonds is 8. The molecule has 2 aliphatic rings. The first-order valence-corrected chi connectivity index (χ1v) is 12.6. The van der Waals surface area contributed by atoms with Crippen molar-refractivity contribution in [2.45, 2.75) is 26.4 Å². The molecule has 4 heterocycles. The highest BCUT2D eigenvalue weighted by Crippen LogP contribution is 2.24. The van der Waals surface area contributed by atoms with Crippen molar-refractivity contribution in [1.29, 1.82) is 0 Å². The summed E-state index contributed by atoms with van der Waals surface area (Å²) in [7, 11) is 4.17. The van der Waals surface area contributed by atoms with Crippen LogP contribution in [-0.2, 0) is 6.54 Å². The van der Waals surface area contributed by atoms with E-state index in [1.165, 1.54) is 12.1 Å². The van der Waals surface area contributed by atoms with Gasteiger partial charge in [0, 0.05) is 50.9 Å². The summed E-state index contributed by atoms with van der Waals surface area (Å²) >= 11 is 0. The molecule has 1 fully saturated rings. The van der Waals surface area contributed by atoms with Crippen LogP contribution in [0.15, 0.2) is 52.8 Å². The molecule has 2 aromatic heterocycles. The summed E-state index contributed by atoms with van der Waals surface area (Å²) in [5.74, 6) is 3.77. The zero-order chi connectivity index (χ0) is 25.9. The molecule has 0 radical (unpaired) electrons. The first-order chi connectivity index (χ1) is 17.8. The average Bonchev–Trinajstić information content (AvgIpc) is 3.50. The van der Waals surface area contributed by atoms with E-state index in [0.29, 0.717) is 41.7 Å². The molecule has 0 amide bonds. The topological polar surface area (TPSA) is 97.6 Å². The van der Waals surface area contributed by atoms with Crippen molar-refractivity contribution >= 4 is 17.6 Å². The van der Waals surface area contributed by atoms with Crippen LogP contribution in [0.4, 0.5) is 22.0 Å². The van der Waals surface area contributed by atoms with E-state index >= 15 is 0 Å². The van der Waals surface area contributed by atoms with Gasteiger partial charge in [-0.25, -0.2) is 9.40 Å². The van der Waals surface area contributed by atoms with Crippen LogP contribution in [0.3, 0.4) is 0 Å². The van der Waals surface area contributed by atoms with Gasteiger partial charge in [0.2, 0.25) is 5.95 Å². The number of aromatic nitrogens is 3. The second-order valence-electron chi connectivity index (χ2n) is 9.93. The van der Waals surface area contributed by atoms with Gasteiger partial charge in [-0.05, 0) is 43.3 Å². The maximum Gasteiger partial charge on any atom is 0.227 e. The molecule has 2 aliphatic heterocycles. The molecule has 0 bridgehead atoms. The summed E-state index contributed by atoms with van der Waals surface area (Å²) in [5.41, 5.74) is 4.81. The van der Waals surface area contributed by atoms with E-state index in [4.69, 9.17) is 14.5 Å². The van der Waals surface area contributed by atoms with E-state index in [9.17, 15) is 4.39 Å². The summed E-state index contributed by atoms with van der Waals surface area (Å²) in [4.78, 5) is 14.1. The van der Waals surface area contributed by atoms with Crippen molar-refractivity contribution in [3.05, 3.63) is 59.9 Å². The van der Waals surface area contributed by atoms with Crippen molar-refractivity contribution in [1.82, 2.24) is 30.5 Å². The number of hydrogen-bond acceptors (Lipinski definition) is 10. The SMILES string of the molecule is CC(C)C1C=C(Nc2cc(N3CCN(C)CC3)nc(NCc3cc(-c4ccc(F)cc4)no3)n2)NN1C. The van der Waals surface area contributed by atoms with Gasteiger partial charge in [0.15, 0.2) is 5.76 Å². The normalized spacial score (nSPS) is 18.7. The van der Waals surface area contributed by atoms with Gasteiger partial charge in [0.25, 0.3) is 0 Å². The van der Waals surface area contributed by atoms with Crippen LogP contribution in [0.1, 0.15) is 19.6 Å². The van der Waals surface area contributed by atoms with Gasteiger partial charge in [-0.1, -0.05) is 19.0 Å². The molecular formula is C26H34FN9O. The van der Waals surface area contributed by atoms with Crippen LogP contribution in [-0.4, -0.2) is 71.3 Å². The van der Waals surface area contributed by atoms with E-state index in [2.05, 4.69) is 63.0 Å². The van der Waals surface area contributed by atoms with Crippen LogP contribution in [0.25, 0.3) is 11.3 Å². The average molecular weight is 508 g/mol. The molecule has 3 aromatic rings. The van der Waals surface area contributed by atoms with Crippen molar-refractivity contribution in [2.24, 2.45) is 5.92 Å². The van der Waals surface area contributed by atoms with Gasteiger partial charge in [-0.3, -0.25) is 0 Å². The highest BCUT2D eigenvalue weighted by molar-refractivity contribution is 5.59. The molecule has 0 spiro atoms. The second kappa shape index (κ2) is 10.7. The Kier molecular flexibility index (Phi) is 7.24. The second-order valence-corrected chi connectivity index (χ2v) is 9.93. The molecule has 1 aromatic carbocycles. The maximum absolute atomic E-state index is 13.2. The van der Waals surface area contributed by atoms with E-state index in [1.807, 2.05) is 19.2 Å². The molecule has 11 heteroatoms. The van der Waals surface area contributed by atoms with Crippen LogP contribution in [0.5, 0.6) is 0 Å². The number of nitrogens with zero attached hydrogens (tertiary/aromatic N) is 6. The molecule has 1 atom stereocenters. The Morgan fingerprint density at radius 2 is 1.84 bits per heavy atom. The third-order valence-electron chi connectivity index (χ3n) is 6.69. The minimum absolute atomic E-state index is 0.286. The lowest BCUT2D eigenvalue weighted by Crippen LogP contribution is -2.44. The number of hydrazine groups is 1. The summed E-state index contributed by atoms with van der Waals surface area (Å²) in [6.45, 7) is 8.51. The minimum atomic E-state index is -0.286. The van der Waals surface area contributed by atoms with Crippen LogP contribution in [0.2, 0.25) is 0 Å². The Labute approximate surface area is 216 Å². The van der Waals surface area contributed by atoms with Crippen LogP contribution >= 0.6 is 0 Å². The standard InChI is InChI=1S/C26H34FN9O/c1-17(2)22-14-24(32-35(22)4)29-23-15-25(36-11-9-34(3)10-12-36)31-26(30-23)28-16-20-13-21(33-37-20)18-5-7-19(27)8-6-18/h5-8,13-15,17,22,32H,9-12,16H2,1-4H3,(H2,28,29,30,31). The van der Waals surface area contributed by atoms with Crippen LogP contribution < -0.4 is 21.0 Å². The van der Waals surface area contributed by atoms with E-state index in [-0.39, 0.29) is 5.82 Å². The zero-order valence-electron chi connectivity index (χ0n) is 21.7. The zero-order valence-corrected chi connectivity index (χ0v) is 21.7. The van der Waals surface area contributed by atoms with Crippen molar-refractivity contribution in [2.75, 3.05) is 55.8 Å². The largest absolute Gasteiger partial charge is 0.359 e.